The zero-order valence-corrected chi connectivity index (χ0v) is 20.2. The minimum absolute atomic E-state index is 0.203. The van der Waals surface area contributed by atoms with Crippen molar-refractivity contribution in [2.24, 2.45) is 0 Å². The summed E-state index contributed by atoms with van der Waals surface area (Å²) >= 11 is 8.62. The molecule has 1 aliphatic heterocycles. The summed E-state index contributed by atoms with van der Waals surface area (Å²) in [6.07, 6.45) is 0.872. The predicted molar refractivity (Wildman–Crippen MR) is 124 cm³/mol. The predicted octanol–water partition coefficient (Wildman–Crippen LogP) is 5.87. The fourth-order valence-corrected chi connectivity index (χ4v) is 5.73. The first-order valence-corrected chi connectivity index (χ1v) is 11.0. The normalized spacial score (nSPS) is 22.2. The molecule has 3 rings (SSSR count). The van der Waals surface area contributed by atoms with Crippen LogP contribution in [0.4, 0.5) is 0 Å². The molecule has 1 unspecified atom stereocenters. The molecule has 0 amide bonds. The van der Waals surface area contributed by atoms with E-state index in [1.54, 1.807) is 7.11 Å². The van der Waals surface area contributed by atoms with Gasteiger partial charge < -0.3 is 9.47 Å². The first-order chi connectivity index (χ1) is 13.1. The van der Waals surface area contributed by atoms with E-state index in [4.69, 9.17) is 21.1 Å². The number of aryl methyl sites for hydroxylation is 1. The molecular weight excluding hydrogens is 485 g/mol. The summed E-state index contributed by atoms with van der Waals surface area (Å²) in [6.45, 7) is 11.4. The van der Waals surface area contributed by atoms with Gasteiger partial charge in [0.1, 0.15) is 5.75 Å². The van der Waals surface area contributed by atoms with Crippen LogP contribution in [-0.4, -0.2) is 36.3 Å². The minimum Gasteiger partial charge on any atom is -0.497 e. The minimum atomic E-state index is -0.257. The molecule has 0 aromatic heterocycles. The Balaban J connectivity index is 1.80. The molecule has 3 nitrogen and oxygen atoms in total. The Morgan fingerprint density at radius 2 is 1.82 bits per heavy atom. The summed E-state index contributed by atoms with van der Waals surface area (Å²) in [5.41, 5.74) is 3.39. The zero-order chi connectivity index (χ0) is 20.5. The highest BCUT2D eigenvalue weighted by Gasteiger charge is 2.41. The Labute approximate surface area is 187 Å². The van der Waals surface area contributed by atoms with Gasteiger partial charge in [0.25, 0.3) is 0 Å². The molecule has 0 aliphatic carbocycles. The van der Waals surface area contributed by atoms with Crippen molar-refractivity contribution in [3.05, 3.63) is 61.7 Å². The van der Waals surface area contributed by atoms with Crippen molar-refractivity contribution >= 4 is 34.2 Å². The van der Waals surface area contributed by atoms with E-state index in [2.05, 4.69) is 67.3 Å². The topological polar surface area (TPSA) is 21.7 Å². The highest BCUT2D eigenvalue weighted by molar-refractivity contribution is 14.1. The van der Waals surface area contributed by atoms with E-state index in [-0.39, 0.29) is 11.2 Å². The van der Waals surface area contributed by atoms with Crippen molar-refractivity contribution in [1.82, 2.24) is 4.90 Å². The Morgan fingerprint density at radius 3 is 2.43 bits per heavy atom. The Morgan fingerprint density at radius 1 is 1.14 bits per heavy atom. The first-order valence-electron chi connectivity index (χ1n) is 9.59. The van der Waals surface area contributed by atoms with E-state index in [1.807, 2.05) is 24.3 Å². The summed E-state index contributed by atoms with van der Waals surface area (Å²) in [5, 5.41) is 0.793. The van der Waals surface area contributed by atoms with Gasteiger partial charge in [-0.2, -0.15) is 0 Å². The lowest BCUT2D eigenvalue weighted by Crippen LogP contribution is -2.59. The lowest BCUT2D eigenvalue weighted by molar-refractivity contribution is -0.190. The van der Waals surface area contributed by atoms with Crippen LogP contribution in [0.25, 0.3) is 0 Å². The molecular formula is C23H29ClINO2. The van der Waals surface area contributed by atoms with Crippen LogP contribution in [0.5, 0.6) is 5.75 Å². The van der Waals surface area contributed by atoms with Crippen LogP contribution >= 0.6 is 34.2 Å². The molecule has 0 bridgehead atoms. The third kappa shape index (κ3) is 5.41. The molecule has 1 atom stereocenters. The summed E-state index contributed by atoms with van der Waals surface area (Å²) in [4.78, 5) is 2.50. The number of methoxy groups -OCH3 is 1. The van der Waals surface area contributed by atoms with E-state index in [9.17, 15) is 0 Å². The lowest BCUT2D eigenvalue weighted by atomic mass is 9.89. The third-order valence-corrected chi connectivity index (χ3v) is 6.37. The molecule has 0 N–H and O–H groups in total. The number of morpholine rings is 1. The second-order valence-corrected chi connectivity index (χ2v) is 10.3. The molecule has 0 spiro atoms. The van der Waals surface area contributed by atoms with Gasteiger partial charge in [0, 0.05) is 34.6 Å². The van der Waals surface area contributed by atoms with Crippen LogP contribution < -0.4 is 4.74 Å². The first kappa shape index (κ1) is 21.9. The molecule has 0 saturated carbocycles. The quantitative estimate of drug-likeness (QED) is 0.467. The second kappa shape index (κ2) is 8.50. The highest BCUT2D eigenvalue weighted by atomic mass is 127. The van der Waals surface area contributed by atoms with Crippen LogP contribution in [0.3, 0.4) is 0 Å². The fraction of sp³-hybridized carbons (Fsp3) is 0.478. The van der Waals surface area contributed by atoms with Crippen molar-refractivity contribution in [3.8, 4) is 5.75 Å². The molecule has 0 radical (unpaired) electrons. The number of hydrogen-bond acceptors (Lipinski definition) is 3. The van der Waals surface area contributed by atoms with Gasteiger partial charge >= 0.3 is 0 Å². The van der Waals surface area contributed by atoms with Crippen molar-refractivity contribution in [2.75, 3.05) is 20.2 Å². The third-order valence-electron chi connectivity index (χ3n) is 5.18. The lowest BCUT2D eigenvalue weighted by Gasteiger charge is -2.49. The molecule has 28 heavy (non-hydrogen) atoms. The van der Waals surface area contributed by atoms with Crippen LogP contribution in [0.1, 0.15) is 37.5 Å². The smallest absolute Gasteiger partial charge is 0.118 e. The van der Waals surface area contributed by atoms with E-state index in [1.165, 1.54) is 20.3 Å². The van der Waals surface area contributed by atoms with Gasteiger partial charge in [-0.25, -0.2) is 0 Å². The van der Waals surface area contributed by atoms with Gasteiger partial charge in [-0.05, 0) is 91.2 Å². The van der Waals surface area contributed by atoms with E-state index in [0.717, 1.165) is 36.8 Å². The number of halogens is 2. The SMILES string of the molecule is COc1ccc(CN2CC(C)(C)OC(C)(Cc3c(C)cc(Cl)cc3I)C2)cc1. The Kier molecular flexibility index (Phi) is 6.64. The maximum atomic E-state index is 6.61. The molecule has 5 heteroatoms. The number of rotatable bonds is 5. The molecule has 2 aromatic rings. The average molecular weight is 514 g/mol. The standard InChI is InChI=1S/C23H29ClINO2/c1-16-10-18(24)11-21(25)20(16)12-23(4)15-26(14-22(2,3)28-23)13-17-6-8-19(27-5)9-7-17/h6-11H,12-15H2,1-5H3. The number of nitrogens with zero attached hydrogens (tertiary/aromatic N) is 1. The van der Waals surface area contributed by atoms with Gasteiger partial charge in [-0.1, -0.05) is 23.7 Å². The van der Waals surface area contributed by atoms with Crippen molar-refractivity contribution in [3.63, 3.8) is 0 Å². The van der Waals surface area contributed by atoms with Gasteiger partial charge in [-0.3, -0.25) is 4.90 Å². The van der Waals surface area contributed by atoms with E-state index in [0.29, 0.717) is 0 Å². The molecule has 1 aliphatic rings. The molecule has 1 fully saturated rings. The van der Waals surface area contributed by atoms with Gasteiger partial charge in [0.05, 0.1) is 18.3 Å². The van der Waals surface area contributed by atoms with Gasteiger partial charge in [0.2, 0.25) is 0 Å². The van der Waals surface area contributed by atoms with Crippen LogP contribution in [0.2, 0.25) is 5.02 Å². The Bertz CT molecular complexity index is 814. The van der Waals surface area contributed by atoms with Gasteiger partial charge in [0.15, 0.2) is 0 Å². The summed E-state index contributed by atoms with van der Waals surface area (Å²) in [7, 11) is 1.70. The largest absolute Gasteiger partial charge is 0.497 e. The van der Waals surface area contributed by atoms with Crippen molar-refractivity contribution in [1.29, 1.82) is 0 Å². The average Bonchev–Trinajstić information content (AvgIpc) is 2.57. The maximum absolute atomic E-state index is 6.61. The number of ether oxygens (including phenoxy) is 2. The highest BCUT2D eigenvalue weighted by Crippen LogP contribution is 2.34. The van der Waals surface area contributed by atoms with Crippen molar-refractivity contribution < 1.29 is 9.47 Å². The van der Waals surface area contributed by atoms with Crippen LogP contribution in [-0.2, 0) is 17.7 Å². The van der Waals surface area contributed by atoms with Crippen LogP contribution in [0.15, 0.2) is 36.4 Å². The maximum Gasteiger partial charge on any atom is 0.118 e. The summed E-state index contributed by atoms with van der Waals surface area (Å²) < 4.78 is 13.1. The fourth-order valence-electron chi connectivity index (χ4n) is 4.32. The molecule has 152 valence electrons. The summed E-state index contributed by atoms with van der Waals surface area (Å²) in [5.74, 6) is 0.892. The van der Waals surface area contributed by atoms with E-state index < -0.39 is 0 Å². The molecule has 2 aromatic carbocycles. The van der Waals surface area contributed by atoms with E-state index >= 15 is 0 Å². The number of benzene rings is 2. The second-order valence-electron chi connectivity index (χ2n) is 8.66. The zero-order valence-electron chi connectivity index (χ0n) is 17.3. The molecule has 1 heterocycles. The monoisotopic (exact) mass is 513 g/mol. The Hall–Kier alpha value is -0.820. The van der Waals surface area contributed by atoms with Crippen LogP contribution in [0, 0.1) is 10.5 Å². The van der Waals surface area contributed by atoms with Gasteiger partial charge in [-0.15, -0.1) is 0 Å². The number of hydrogen-bond donors (Lipinski definition) is 0. The summed E-state index contributed by atoms with van der Waals surface area (Å²) in [6, 6.07) is 12.4. The molecule has 1 saturated heterocycles. The van der Waals surface area contributed by atoms with Crippen molar-refractivity contribution in [2.45, 2.75) is 51.9 Å².